The van der Waals surface area contributed by atoms with Crippen molar-refractivity contribution in [3.8, 4) is 11.5 Å². The second kappa shape index (κ2) is 4.97. The molecule has 0 amide bonds. The fraction of sp³-hybridized carbons (Fsp3) is 0.143. The monoisotopic (exact) mass is 254 g/mol. The van der Waals surface area contributed by atoms with Crippen LogP contribution < -0.4 is 5.32 Å². The van der Waals surface area contributed by atoms with Crippen LogP contribution in [0.3, 0.4) is 0 Å². The molecule has 0 spiro atoms. The van der Waals surface area contributed by atoms with E-state index in [0.29, 0.717) is 5.89 Å². The highest BCUT2D eigenvalue weighted by Gasteiger charge is 2.04. The van der Waals surface area contributed by atoms with Crippen LogP contribution >= 0.6 is 0 Å². The standard InChI is InChI=1S/C14H14N4O/c1-18-6-5-11(9-18)8-15-13-4-2-3-12(7-13)14-17-16-10-19-14/h2-7,9-10,15H,8H2,1H3. The van der Waals surface area contributed by atoms with Gasteiger partial charge < -0.3 is 14.3 Å². The van der Waals surface area contributed by atoms with Crippen molar-refractivity contribution < 1.29 is 4.42 Å². The van der Waals surface area contributed by atoms with Gasteiger partial charge in [0.1, 0.15) is 0 Å². The number of rotatable bonds is 4. The molecule has 0 saturated carbocycles. The number of aryl methyl sites for hydroxylation is 1. The first kappa shape index (κ1) is 11.5. The summed E-state index contributed by atoms with van der Waals surface area (Å²) in [7, 11) is 2.01. The van der Waals surface area contributed by atoms with Crippen molar-refractivity contribution in [2.24, 2.45) is 7.05 Å². The van der Waals surface area contributed by atoms with Crippen molar-refractivity contribution >= 4 is 5.69 Å². The van der Waals surface area contributed by atoms with Crippen LogP contribution in [0.1, 0.15) is 5.56 Å². The summed E-state index contributed by atoms with van der Waals surface area (Å²) in [6.45, 7) is 0.786. The Morgan fingerprint density at radius 2 is 2.26 bits per heavy atom. The van der Waals surface area contributed by atoms with Gasteiger partial charge in [-0.05, 0) is 29.8 Å². The molecule has 19 heavy (non-hydrogen) atoms. The summed E-state index contributed by atoms with van der Waals surface area (Å²) in [5, 5.41) is 11.0. The Morgan fingerprint density at radius 1 is 1.32 bits per heavy atom. The van der Waals surface area contributed by atoms with Gasteiger partial charge in [-0.3, -0.25) is 0 Å². The lowest BCUT2D eigenvalue weighted by molar-refractivity contribution is 0.568. The molecule has 0 saturated heterocycles. The van der Waals surface area contributed by atoms with Crippen LogP contribution in [0, 0.1) is 0 Å². The van der Waals surface area contributed by atoms with Crippen molar-refractivity contribution in [2.45, 2.75) is 6.54 Å². The summed E-state index contributed by atoms with van der Waals surface area (Å²) in [5.74, 6) is 0.531. The fourth-order valence-corrected chi connectivity index (χ4v) is 1.93. The van der Waals surface area contributed by atoms with Crippen LogP contribution in [0.25, 0.3) is 11.5 Å². The topological polar surface area (TPSA) is 55.9 Å². The summed E-state index contributed by atoms with van der Waals surface area (Å²) < 4.78 is 7.22. The number of nitrogens with one attached hydrogen (secondary N) is 1. The SMILES string of the molecule is Cn1ccc(CNc2cccc(-c3nnco3)c2)c1. The van der Waals surface area contributed by atoms with Gasteiger partial charge >= 0.3 is 0 Å². The van der Waals surface area contributed by atoms with E-state index in [9.17, 15) is 0 Å². The van der Waals surface area contributed by atoms with Crippen molar-refractivity contribution in [1.82, 2.24) is 14.8 Å². The van der Waals surface area contributed by atoms with Crippen LogP contribution in [0.5, 0.6) is 0 Å². The quantitative estimate of drug-likeness (QED) is 0.777. The molecule has 0 bridgehead atoms. The normalized spacial score (nSPS) is 10.6. The highest BCUT2D eigenvalue weighted by Crippen LogP contribution is 2.20. The molecule has 2 aromatic heterocycles. The molecule has 0 atom stereocenters. The predicted octanol–water partition coefficient (Wildman–Crippen LogP) is 2.69. The van der Waals surface area contributed by atoms with Gasteiger partial charge in [-0.25, -0.2) is 0 Å². The number of hydrogen-bond acceptors (Lipinski definition) is 4. The predicted molar refractivity (Wildman–Crippen MR) is 72.5 cm³/mol. The Morgan fingerprint density at radius 3 is 3.00 bits per heavy atom. The average molecular weight is 254 g/mol. The van der Waals surface area contributed by atoms with Crippen LogP contribution in [0.4, 0.5) is 5.69 Å². The molecule has 1 N–H and O–H groups in total. The van der Waals surface area contributed by atoms with E-state index in [1.54, 1.807) is 0 Å². The average Bonchev–Trinajstić information content (AvgIpc) is 3.08. The van der Waals surface area contributed by atoms with E-state index in [0.717, 1.165) is 17.8 Å². The number of anilines is 1. The van der Waals surface area contributed by atoms with Gasteiger partial charge in [-0.15, -0.1) is 10.2 Å². The maximum absolute atomic E-state index is 5.19. The first-order valence-electron chi connectivity index (χ1n) is 6.02. The Labute approximate surface area is 110 Å². The molecule has 0 aliphatic rings. The highest BCUT2D eigenvalue weighted by molar-refractivity contribution is 5.60. The molecular weight excluding hydrogens is 240 g/mol. The zero-order valence-corrected chi connectivity index (χ0v) is 10.6. The Hall–Kier alpha value is -2.56. The Kier molecular flexibility index (Phi) is 3.02. The van der Waals surface area contributed by atoms with Crippen molar-refractivity contribution in [2.75, 3.05) is 5.32 Å². The number of benzene rings is 1. The van der Waals surface area contributed by atoms with Gasteiger partial charge in [0.25, 0.3) is 0 Å². The van der Waals surface area contributed by atoms with Gasteiger partial charge in [-0.2, -0.15) is 0 Å². The van der Waals surface area contributed by atoms with Gasteiger partial charge in [0, 0.05) is 37.2 Å². The minimum atomic E-state index is 0.531. The molecule has 96 valence electrons. The molecule has 0 aliphatic heterocycles. The first-order chi connectivity index (χ1) is 9.31. The van der Waals surface area contributed by atoms with Crippen molar-refractivity contribution in [3.63, 3.8) is 0 Å². The van der Waals surface area contributed by atoms with Gasteiger partial charge in [0.2, 0.25) is 12.3 Å². The summed E-state index contributed by atoms with van der Waals surface area (Å²) in [6, 6.07) is 10.0. The Balaban J connectivity index is 1.73. The summed E-state index contributed by atoms with van der Waals surface area (Å²) in [4.78, 5) is 0. The second-order valence-corrected chi connectivity index (χ2v) is 4.36. The first-order valence-corrected chi connectivity index (χ1v) is 6.02. The van der Waals surface area contributed by atoms with Gasteiger partial charge in [0.05, 0.1) is 0 Å². The smallest absolute Gasteiger partial charge is 0.247 e. The summed E-state index contributed by atoms with van der Waals surface area (Å²) in [6.07, 6.45) is 5.46. The van der Waals surface area contributed by atoms with Crippen molar-refractivity contribution in [3.05, 3.63) is 54.7 Å². The van der Waals surface area contributed by atoms with E-state index in [-0.39, 0.29) is 0 Å². The molecule has 3 rings (SSSR count). The van der Waals surface area contributed by atoms with E-state index < -0.39 is 0 Å². The third-order valence-corrected chi connectivity index (χ3v) is 2.86. The zero-order valence-electron chi connectivity index (χ0n) is 10.6. The van der Waals surface area contributed by atoms with Crippen LogP contribution in [0.15, 0.2) is 53.5 Å². The maximum atomic E-state index is 5.19. The molecule has 0 aliphatic carbocycles. The maximum Gasteiger partial charge on any atom is 0.247 e. The third-order valence-electron chi connectivity index (χ3n) is 2.86. The molecular formula is C14H14N4O. The number of hydrogen-bond donors (Lipinski definition) is 1. The van der Waals surface area contributed by atoms with Gasteiger partial charge in [-0.1, -0.05) is 6.07 Å². The number of nitrogens with zero attached hydrogens (tertiary/aromatic N) is 3. The molecule has 0 unspecified atom stereocenters. The molecule has 2 heterocycles. The second-order valence-electron chi connectivity index (χ2n) is 4.36. The van der Waals surface area contributed by atoms with E-state index in [2.05, 4.69) is 27.8 Å². The molecule has 0 fully saturated rings. The highest BCUT2D eigenvalue weighted by atomic mass is 16.4. The lowest BCUT2D eigenvalue weighted by atomic mass is 10.2. The fourth-order valence-electron chi connectivity index (χ4n) is 1.93. The zero-order chi connectivity index (χ0) is 13.1. The Bertz CT molecular complexity index is 658. The number of aromatic nitrogens is 3. The van der Waals surface area contributed by atoms with E-state index in [4.69, 9.17) is 4.42 Å². The van der Waals surface area contributed by atoms with Crippen LogP contribution in [-0.2, 0) is 13.6 Å². The molecule has 3 aromatic rings. The van der Waals surface area contributed by atoms with E-state index in [1.807, 2.05) is 42.1 Å². The lowest BCUT2D eigenvalue weighted by Gasteiger charge is -2.06. The minimum Gasteiger partial charge on any atom is -0.423 e. The third kappa shape index (κ3) is 2.65. The lowest BCUT2D eigenvalue weighted by Crippen LogP contribution is -1.98. The molecule has 5 nitrogen and oxygen atoms in total. The van der Waals surface area contributed by atoms with Gasteiger partial charge in [0.15, 0.2) is 0 Å². The molecule has 5 heteroatoms. The van der Waals surface area contributed by atoms with Crippen LogP contribution in [0.2, 0.25) is 0 Å². The minimum absolute atomic E-state index is 0.531. The summed E-state index contributed by atoms with van der Waals surface area (Å²) in [5.41, 5.74) is 3.18. The van der Waals surface area contributed by atoms with E-state index >= 15 is 0 Å². The van der Waals surface area contributed by atoms with Crippen molar-refractivity contribution in [1.29, 1.82) is 0 Å². The summed E-state index contributed by atoms with van der Waals surface area (Å²) >= 11 is 0. The largest absolute Gasteiger partial charge is 0.423 e. The molecule has 0 radical (unpaired) electrons. The molecule has 1 aromatic carbocycles. The van der Waals surface area contributed by atoms with E-state index in [1.165, 1.54) is 12.0 Å². The van der Waals surface area contributed by atoms with Crippen LogP contribution in [-0.4, -0.2) is 14.8 Å².